The van der Waals surface area contributed by atoms with Crippen LogP contribution in [0.4, 0.5) is 0 Å². The summed E-state index contributed by atoms with van der Waals surface area (Å²) in [7, 11) is 0. The summed E-state index contributed by atoms with van der Waals surface area (Å²) in [6.45, 7) is 5.87. The van der Waals surface area contributed by atoms with Gasteiger partial charge in [-0.05, 0) is 38.2 Å². The molecule has 5 nitrogen and oxygen atoms in total. The summed E-state index contributed by atoms with van der Waals surface area (Å²) in [5.41, 5.74) is 2.05. The molecule has 0 fully saturated rings. The van der Waals surface area contributed by atoms with E-state index in [1.165, 1.54) is 23.3 Å². The van der Waals surface area contributed by atoms with Crippen LogP contribution < -0.4 is 5.32 Å². The highest BCUT2D eigenvalue weighted by Crippen LogP contribution is 2.30. The van der Waals surface area contributed by atoms with Crippen molar-refractivity contribution in [2.24, 2.45) is 0 Å². The summed E-state index contributed by atoms with van der Waals surface area (Å²) in [4.78, 5) is 13.9. The molecule has 0 bridgehead atoms. The molecular formula is C16H21N3O2S. The molecule has 0 saturated carbocycles. The quantitative estimate of drug-likeness (QED) is 0.934. The minimum Gasteiger partial charge on any atom is -0.423 e. The van der Waals surface area contributed by atoms with Crippen LogP contribution in [-0.4, -0.2) is 16.1 Å². The summed E-state index contributed by atoms with van der Waals surface area (Å²) in [5.74, 6) is 1.20. The molecule has 0 saturated heterocycles. The Morgan fingerprint density at radius 2 is 1.95 bits per heavy atom. The first-order chi connectivity index (χ1) is 10.6. The van der Waals surface area contributed by atoms with E-state index in [-0.39, 0.29) is 17.9 Å². The van der Waals surface area contributed by atoms with Crippen molar-refractivity contribution in [2.45, 2.75) is 58.4 Å². The fourth-order valence-corrected chi connectivity index (χ4v) is 3.80. The summed E-state index contributed by atoms with van der Waals surface area (Å²) in [5, 5.41) is 13.0. The van der Waals surface area contributed by atoms with Crippen LogP contribution >= 0.6 is 11.3 Å². The molecule has 3 rings (SSSR count). The molecule has 2 aromatic rings. The van der Waals surface area contributed by atoms with E-state index in [1.807, 2.05) is 26.2 Å². The van der Waals surface area contributed by atoms with Gasteiger partial charge in [0.2, 0.25) is 11.8 Å². The molecule has 6 heteroatoms. The number of rotatable bonds is 4. The lowest BCUT2D eigenvalue weighted by Gasteiger charge is -2.14. The molecule has 1 aliphatic carbocycles. The van der Waals surface area contributed by atoms with Gasteiger partial charge >= 0.3 is 0 Å². The van der Waals surface area contributed by atoms with Gasteiger partial charge < -0.3 is 9.73 Å². The SMILES string of the molecule is CC(C)c1nnc([C@H](C)NC(=O)c2csc3c2CCCC3)o1. The Balaban J connectivity index is 1.72. The number of aromatic nitrogens is 2. The molecule has 1 N–H and O–H groups in total. The highest BCUT2D eigenvalue weighted by Gasteiger charge is 2.23. The third kappa shape index (κ3) is 2.92. The summed E-state index contributed by atoms with van der Waals surface area (Å²) >= 11 is 1.70. The zero-order chi connectivity index (χ0) is 15.7. The van der Waals surface area contributed by atoms with Crippen molar-refractivity contribution < 1.29 is 9.21 Å². The molecule has 0 radical (unpaired) electrons. The second-order valence-corrected chi connectivity index (χ2v) is 7.05. The van der Waals surface area contributed by atoms with Crippen LogP contribution in [0.5, 0.6) is 0 Å². The van der Waals surface area contributed by atoms with E-state index >= 15 is 0 Å². The molecule has 0 spiro atoms. The predicted octanol–water partition coefficient (Wildman–Crippen LogP) is 3.62. The second-order valence-electron chi connectivity index (χ2n) is 6.09. The molecule has 0 unspecified atom stereocenters. The van der Waals surface area contributed by atoms with E-state index in [4.69, 9.17) is 4.42 Å². The number of nitrogens with one attached hydrogen (secondary N) is 1. The zero-order valence-corrected chi connectivity index (χ0v) is 14.0. The predicted molar refractivity (Wildman–Crippen MR) is 85.2 cm³/mol. The fraction of sp³-hybridized carbons (Fsp3) is 0.562. The molecule has 22 heavy (non-hydrogen) atoms. The second kappa shape index (κ2) is 6.20. The topological polar surface area (TPSA) is 68.0 Å². The number of nitrogens with zero attached hydrogens (tertiary/aromatic N) is 2. The first kappa shape index (κ1) is 15.2. The Morgan fingerprint density at radius 3 is 2.68 bits per heavy atom. The van der Waals surface area contributed by atoms with Crippen molar-refractivity contribution in [3.05, 3.63) is 33.2 Å². The van der Waals surface area contributed by atoms with Crippen molar-refractivity contribution in [1.82, 2.24) is 15.5 Å². The van der Waals surface area contributed by atoms with E-state index in [1.54, 1.807) is 11.3 Å². The molecule has 1 atom stereocenters. The maximum Gasteiger partial charge on any atom is 0.253 e. The van der Waals surface area contributed by atoms with Gasteiger partial charge in [-0.15, -0.1) is 21.5 Å². The first-order valence-electron chi connectivity index (χ1n) is 7.79. The summed E-state index contributed by atoms with van der Waals surface area (Å²) in [6, 6.07) is -0.286. The van der Waals surface area contributed by atoms with Crippen molar-refractivity contribution in [1.29, 1.82) is 0 Å². The van der Waals surface area contributed by atoms with Gasteiger partial charge in [0.15, 0.2) is 0 Å². The Labute approximate surface area is 134 Å². The molecule has 0 aliphatic heterocycles. The van der Waals surface area contributed by atoms with Gasteiger partial charge in [-0.25, -0.2) is 0 Å². The Hall–Kier alpha value is -1.69. The third-order valence-corrected chi connectivity index (χ3v) is 5.06. The highest BCUT2D eigenvalue weighted by atomic mass is 32.1. The normalized spacial score (nSPS) is 15.6. The lowest BCUT2D eigenvalue weighted by Crippen LogP contribution is -2.27. The highest BCUT2D eigenvalue weighted by molar-refractivity contribution is 7.10. The average molecular weight is 319 g/mol. The number of fused-ring (bicyclic) bond motifs is 1. The van der Waals surface area contributed by atoms with Crippen LogP contribution in [0.25, 0.3) is 0 Å². The van der Waals surface area contributed by atoms with Crippen molar-refractivity contribution in [3.63, 3.8) is 0 Å². The lowest BCUT2D eigenvalue weighted by molar-refractivity contribution is 0.0933. The standard InChI is InChI=1S/C16H21N3O2S/c1-9(2)15-18-19-16(21-15)10(3)17-14(20)12-8-22-13-7-5-4-6-11(12)13/h8-10H,4-7H2,1-3H3,(H,17,20)/t10-/m0/s1. The Morgan fingerprint density at radius 1 is 1.23 bits per heavy atom. The van der Waals surface area contributed by atoms with Crippen LogP contribution in [-0.2, 0) is 12.8 Å². The van der Waals surface area contributed by atoms with Gasteiger partial charge in [-0.1, -0.05) is 13.8 Å². The molecule has 118 valence electrons. The molecular weight excluding hydrogens is 298 g/mol. The number of thiophene rings is 1. The summed E-state index contributed by atoms with van der Waals surface area (Å²) < 4.78 is 5.60. The van der Waals surface area contributed by atoms with Crippen molar-refractivity contribution >= 4 is 17.2 Å². The lowest BCUT2D eigenvalue weighted by atomic mass is 9.95. The number of aryl methyl sites for hydroxylation is 1. The van der Waals surface area contributed by atoms with Gasteiger partial charge in [-0.2, -0.15) is 0 Å². The number of hydrogen-bond acceptors (Lipinski definition) is 5. The van der Waals surface area contributed by atoms with Crippen molar-refractivity contribution in [3.8, 4) is 0 Å². The van der Waals surface area contributed by atoms with E-state index in [9.17, 15) is 4.79 Å². The Bertz CT molecular complexity index is 675. The maximum atomic E-state index is 12.5. The zero-order valence-electron chi connectivity index (χ0n) is 13.2. The van der Waals surface area contributed by atoms with Crippen LogP contribution in [0, 0.1) is 0 Å². The van der Waals surface area contributed by atoms with Gasteiger partial charge in [0.1, 0.15) is 6.04 Å². The van der Waals surface area contributed by atoms with Crippen LogP contribution in [0.1, 0.15) is 78.2 Å². The van der Waals surface area contributed by atoms with E-state index < -0.39 is 0 Å². The van der Waals surface area contributed by atoms with Crippen LogP contribution in [0.2, 0.25) is 0 Å². The number of amides is 1. The summed E-state index contributed by atoms with van der Waals surface area (Å²) in [6.07, 6.45) is 4.50. The van der Waals surface area contributed by atoms with Gasteiger partial charge in [0.05, 0.1) is 5.56 Å². The van der Waals surface area contributed by atoms with E-state index in [0.29, 0.717) is 11.8 Å². The minimum absolute atomic E-state index is 0.0452. The number of carbonyl (C=O) groups is 1. The monoisotopic (exact) mass is 319 g/mol. The fourth-order valence-electron chi connectivity index (χ4n) is 2.68. The Kier molecular flexibility index (Phi) is 4.29. The van der Waals surface area contributed by atoms with Crippen LogP contribution in [0.3, 0.4) is 0 Å². The van der Waals surface area contributed by atoms with Gasteiger partial charge in [0.25, 0.3) is 5.91 Å². The maximum absolute atomic E-state index is 12.5. The minimum atomic E-state index is -0.286. The number of hydrogen-bond donors (Lipinski definition) is 1. The molecule has 2 aromatic heterocycles. The van der Waals surface area contributed by atoms with Gasteiger partial charge in [-0.3, -0.25) is 4.79 Å². The van der Waals surface area contributed by atoms with Crippen LogP contribution in [0.15, 0.2) is 9.80 Å². The number of carbonyl (C=O) groups excluding carboxylic acids is 1. The molecule has 0 aromatic carbocycles. The molecule has 2 heterocycles. The first-order valence-corrected chi connectivity index (χ1v) is 8.67. The smallest absolute Gasteiger partial charge is 0.253 e. The average Bonchev–Trinajstić information content (AvgIpc) is 3.14. The van der Waals surface area contributed by atoms with Crippen molar-refractivity contribution in [2.75, 3.05) is 0 Å². The molecule has 1 aliphatic rings. The molecule has 1 amide bonds. The van der Waals surface area contributed by atoms with E-state index in [2.05, 4.69) is 15.5 Å². The van der Waals surface area contributed by atoms with E-state index in [0.717, 1.165) is 18.4 Å². The third-order valence-electron chi connectivity index (χ3n) is 3.97. The largest absolute Gasteiger partial charge is 0.423 e. The van der Waals surface area contributed by atoms with Gasteiger partial charge in [0, 0.05) is 16.2 Å².